The third-order valence-electron chi connectivity index (χ3n) is 6.80. The minimum atomic E-state index is 0.216. The van der Waals surface area contributed by atoms with Gasteiger partial charge < -0.3 is 5.11 Å². The number of fused-ring (bicyclic) bond motifs is 1. The van der Waals surface area contributed by atoms with Crippen LogP contribution >= 0.6 is 0 Å². The van der Waals surface area contributed by atoms with E-state index in [0.717, 1.165) is 17.8 Å². The zero-order valence-electron chi connectivity index (χ0n) is 15.3. The lowest BCUT2D eigenvalue weighted by atomic mass is 9.61. The van der Waals surface area contributed by atoms with Gasteiger partial charge in [-0.3, -0.25) is 0 Å². The molecule has 0 bridgehead atoms. The second kappa shape index (κ2) is 7.34. The highest BCUT2D eigenvalue weighted by atomic mass is 16.2. The van der Waals surface area contributed by atoms with Crippen molar-refractivity contribution in [3.05, 3.63) is 23.8 Å². The first-order valence-corrected chi connectivity index (χ1v) is 9.38. The molecule has 0 radical (unpaired) electrons. The van der Waals surface area contributed by atoms with E-state index in [1.54, 1.807) is 5.57 Å². The summed E-state index contributed by atoms with van der Waals surface area (Å²) >= 11 is 0. The van der Waals surface area contributed by atoms with Crippen LogP contribution in [0.2, 0.25) is 0 Å². The molecule has 0 aromatic rings. The molecule has 1 nitrogen and oxygen atoms in total. The summed E-state index contributed by atoms with van der Waals surface area (Å²) in [5.74, 6) is 3.59. The topological polar surface area (TPSA) is 20.2 Å². The molecule has 22 heavy (non-hydrogen) atoms. The fourth-order valence-corrected chi connectivity index (χ4v) is 5.01. The minimum Gasteiger partial charge on any atom is -0.392 e. The van der Waals surface area contributed by atoms with E-state index in [1.807, 2.05) is 0 Å². The van der Waals surface area contributed by atoms with E-state index in [0.29, 0.717) is 17.3 Å². The Bertz CT molecular complexity index is 420. The van der Waals surface area contributed by atoms with Gasteiger partial charge in [0.25, 0.3) is 0 Å². The second-order valence-corrected chi connectivity index (χ2v) is 8.40. The second-order valence-electron chi connectivity index (χ2n) is 8.40. The summed E-state index contributed by atoms with van der Waals surface area (Å²) in [4.78, 5) is 0. The van der Waals surface area contributed by atoms with Crippen molar-refractivity contribution >= 4 is 0 Å². The highest BCUT2D eigenvalue weighted by Gasteiger charge is 2.50. The molecule has 2 aliphatic rings. The van der Waals surface area contributed by atoms with E-state index < -0.39 is 0 Å². The van der Waals surface area contributed by atoms with Crippen LogP contribution in [-0.2, 0) is 0 Å². The van der Waals surface area contributed by atoms with Gasteiger partial charge in [-0.15, -0.1) is 0 Å². The first-order valence-electron chi connectivity index (χ1n) is 9.38. The SMILES string of the molecule is CC(C)[C@@H](C)/C=C/[C@@H](C)[C@H]1CC[C@@H]2/C(=C/CO)CCC[C@@]21C. The van der Waals surface area contributed by atoms with E-state index in [1.165, 1.54) is 32.1 Å². The lowest BCUT2D eigenvalue weighted by Gasteiger charge is -2.44. The predicted molar refractivity (Wildman–Crippen MR) is 95.6 cm³/mol. The molecule has 0 amide bonds. The molecule has 0 spiro atoms. The molecule has 2 aliphatic carbocycles. The van der Waals surface area contributed by atoms with Gasteiger partial charge in [-0.2, -0.15) is 0 Å². The third kappa shape index (κ3) is 3.50. The van der Waals surface area contributed by atoms with Crippen molar-refractivity contribution in [1.82, 2.24) is 0 Å². The van der Waals surface area contributed by atoms with Crippen molar-refractivity contribution in [3.63, 3.8) is 0 Å². The summed E-state index contributed by atoms with van der Waals surface area (Å²) in [6, 6.07) is 0. The van der Waals surface area contributed by atoms with Gasteiger partial charge in [0.15, 0.2) is 0 Å². The molecule has 5 atom stereocenters. The molecule has 0 aromatic carbocycles. The fraction of sp³-hybridized carbons (Fsp3) is 0.810. The van der Waals surface area contributed by atoms with Crippen LogP contribution < -0.4 is 0 Å². The van der Waals surface area contributed by atoms with Gasteiger partial charge in [0.1, 0.15) is 0 Å². The lowest BCUT2D eigenvalue weighted by Crippen LogP contribution is -2.35. The number of hydrogen-bond acceptors (Lipinski definition) is 1. The average molecular weight is 305 g/mol. The van der Waals surface area contributed by atoms with E-state index in [2.05, 4.69) is 52.8 Å². The zero-order chi connectivity index (χ0) is 16.3. The maximum atomic E-state index is 9.31. The third-order valence-corrected chi connectivity index (χ3v) is 6.80. The van der Waals surface area contributed by atoms with Crippen molar-refractivity contribution in [2.45, 2.75) is 66.7 Å². The van der Waals surface area contributed by atoms with Crippen LogP contribution in [0.1, 0.15) is 66.7 Å². The van der Waals surface area contributed by atoms with Gasteiger partial charge in [0.05, 0.1) is 6.61 Å². The quantitative estimate of drug-likeness (QED) is 0.655. The molecule has 2 rings (SSSR count). The Morgan fingerprint density at radius 3 is 2.55 bits per heavy atom. The summed E-state index contributed by atoms with van der Waals surface area (Å²) in [6.07, 6.45) is 13.6. The maximum Gasteiger partial charge on any atom is 0.0615 e. The van der Waals surface area contributed by atoms with Crippen LogP contribution in [0, 0.1) is 35.0 Å². The summed E-state index contributed by atoms with van der Waals surface area (Å²) < 4.78 is 0. The van der Waals surface area contributed by atoms with Crippen LogP contribution in [0.4, 0.5) is 0 Å². The molecule has 0 aliphatic heterocycles. The molecule has 0 unspecified atom stereocenters. The normalized spacial score (nSPS) is 37.0. The van der Waals surface area contributed by atoms with E-state index >= 15 is 0 Å². The Labute approximate surface area is 137 Å². The van der Waals surface area contributed by atoms with Crippen molar-refractivity contribution in [2.75, 3.05) is 6.61 Å². The Balaban J connectivity index is 2.11. The Morgan fingerprint density at radius 1 is 1.18 bits per heavy atom. The number of aliphatic hydroxyl groups excluding tert-OH is 1. The molecule has 1 N–H and O–H groups in total. The average Bonchev–Trinajstić information content (AvgIpc) is 2.82. The van der Waals surface area contributed by atoms with Crippen LogP contribution in [0.15, 0.2) is 23.8 Å². The largest absolute Gasteiger partial charge is 0.392 e. The maximum absolute atomic E-state index is 9.31. The zero-order valence-corrected chi connectivity index (χ0v) is 15.3. The highest BCUT2D eigenvalue weighted by Crippen LogP contribution is 2.59. The Hall–Kier alpha value is -0.560. The Kier molecular flexibility index (Phi) is 5.94. The molecular weight excluding hydrogens is 268 g/mol. The fourth-order valence-electron chi connectivity index (χ4n) is 5.01. The number of rotatable bonds is 5. The molecule has 2 saturated carbocycles. The van der Waals surface area contributed by atoms with E-state index in [4.69, 9.17) is 0 Å². The summed E-state index contributed by atoms with van der Waals surface area (Å²) in [5, 5.41) is 9.31. The van der Waals surface area contributed by atoms with Gasteiger partial charge >= 0.3 is 0 Å². The summed E-state index contributed by atoms with van der Waals surface area (Å²) in [7, 11) is 0. The Morgan fingerprint density at radius 2 is 1.91 bits per heavy atom. The molecule has 0 saturated heterocycles. The van der Waals surface area contributed by atoms with Gasteiger partial charge in [-0.25, -0.2) is 0 Å². The summed E-state index contributed by atoms with van der Waals surface area (Å²) in [6.45, 7) is 12.1. The predicted octanol–water partition coefficient (Wildman–Crippen LogP) is 5.61. The van der Waals surface area contributed by atoms with E-state index in [9.17, 15) is 5.11 Å². The van der Waals surface area contributed by atoms with Gasteiger partial charge in [-0.05, 0) is 67.1 Å². The van der Waals surface area contributed by atoms with Crippen LogP contribution in [-0.4, -0.2) is 11.7 Å². The molecule has 0 heterocycles. The molecule has 126 valence electrons. The summed E-state index contributed by atoms with van der Waals surface area (Å²) in [5.41, 5.74) is 2.00. The number of aliphatic hydroxyl groups is 1. The van der Waals surface area contributed by atoms with Crippen molar-refractivity contribution < 1.29 is 5.11 Å². The van der Waals surface area contributed by atoms with Crippen LogP contribution in [0.5, 0.6) is 0 Å². The van der Waals surface area contributed by atoms with Crippen molar-refractivity contribution in [3.8, 4) is 0 Å². The molecule has 2 fully saturated rings. The molecular formula is C21H36O. The standard InChI is InChI=1S/C21H36O/c1-15(2)16(3)8-9-17(4)19-10-11-20-18(12-14-22)7-6-13-21(19,20)5/h8-9,12,15-17,19-20,22H,6-7,10-11,13-14H2,1-5H3/b9-8+,18-12+/t16-,17+,19+,20+,21+/m0/s1. The monoisotopic (exact) mass is 304 g/mol. The number of hydrogen-bond donors (Lipinski definition) is 1. The minimum absolute atomic E-state index is 0.216. The highest BCUT2D eigenvalue weighted by molar-refractivity contribution is 5.19. The smallest absolute Gasteiger partial charge is 0.0615 e. The molecule has 1 heteroatoms. The lowest BCUT2D eigenvalue weighted by molar-refractivity contribution is 0.111. The molecule has 0 aromatic heterocycles. The first kappa shape index (κ1) is 17.8. The van der Waals surface area contributed by atoms with Gasteiger partial charge in [0.2, 0.25) is 0 Å². The van der Waals surface area contributed by atoms with Crippen LogP contribution in [0.3, 0.4) is 0 Å². The van der Waals surface area contributed by atoms with Crippen LogP contribution in [0.25, 0.3) is 0 Å². The van der Waals surface area contributed by atoms with Crippen molar-refractivity contribution in [1.29, 1.82) is 0 Å². The van der Waals surface area contributed by atoms with Crippen molar-refractivity contribution in [2.24, 2.45) is 35.0 Å². The van der Waals surface area contributed by atoms with Gasteiger partial charge in [0, 0.05) is 0 Å². The van der Waals surface area contributed by atoms with E-state index in [-0.39, 0.29) is 6.61 Å². The first-order chi connectivity index (χ1) is 10.4. The number of allylic oxidation sites excluding steroid dienone is 3. The van der Waals surface area contributed by atoms with Gasteiger partial charge in [-0.1, -0.05) is 58.4 Å².